The molecule has 0 radical (unpaired) electrons. The molecule has 0 bridgehead atoms. The molecule has 0 aliphatic rings. The molecular weight excluding hydrogens is 436 g/mol. The first-order valence-corrected chi connectivity index (χ1v) is 11.1. The van der Waals surface area contributed by atoms with E-state index in [1.54, 1.807) is 48.6 Å². The minimum Gasteiger partial charge on any atom is -0.497 e. The van der Waals surface area contributed by atoms with E-state index >= 15 is 0 Å². The Kier molecular flexibility index (Phi) is 5.78. The number of carbonyl (C=O) groups excluding carboxylic acids is 1. The second-order valence-electron chi connectivity index (χ2n) is 7.24. The second-order valence-corrected chi connectivity index (χ2v) is 8.25. The van der Waals surface area contributed by atoms with E-state index in [2.05, 4.69) is 0 Å². The molecule has 0 N–H and O–H groups in total. The molecule has 0 aliphatic heterocycles. The second kappa shape index (κ2) is 9.18. The van der Waals surface area contributed by atoms with E-state index in [0.29, 0.717) is 22.2 Å². The number of ether oxygens (including phenoxy) is 2. The van der Waals surface area contributed by atoms with Crippen LogP contribution in [0.1, 0.15) is 16.1 Å². The maximum absolute atomic E-state index is 13.5. The molecule has 6 nitrogen and oxygen atoms in total. The number of aromatic nitrogens is 1. The summed E-state index contributed by atoms with van der Waals surface area (Å²) in [6.45, 7) is 0.269. The Labute approximate surface area is 194 Å². The van der Waals surface area contributed by atoms with Crippen molar-refractivity contribution in [1.82, 2.24) is 4.98 Å². The first-order chi connectivity index (χ1) is 16.2. The molecule has 0 saturated heterocycles. The molecule has 3 aromatic carbocycles. The van der Waals surface area contributed by atoms with Gasteiger partial charge in [0, 0.05) is 11.6 Å². The van der Waals surface area contributed by atoms with Crippen LogP contribution in [0.3, 0.4) is 0 Å². The van der Waals surface area contributed by atoms with Gasteiger partial charge in [0.1, 0.15) is 23.0 Å². The van der Waals surface area contributed by atoms with Crippen LogP contribution in [-0.2, 0) is 6.54 Å². The summed E-state index contributed by atoms with van der Waals surface area (Å²) in [5, 5.41) is 0.587. The minimum absolute atomic E-state index is 0.177. The van der Waals surface area contributed by atoms with Gasteiger partial charge in [0.25, 0.3) is 5.91 Å². The van der Waals surface area contributed by atoms with Crippen molar-refractivity contribution >= 4 is 32.6 Å². The topological polar surface area (TPSA) is 64.8 Å². The van der Waals surface area contributed by atoms with Crippen molar-refractivity contribution in [2.24, 2.45) is 0 Å². The maximum Gasteiger partial charge on any atom is 0.260 e. The van der Waals surface area contributed by atoms with Crippen LogP contribution in [0.4, 0.5) is 5.13 Å². The van der Waals surface area contributed by atoms with E-state index in [9.17, 15) is 4.79 Å². The van der Waals surface area contributed by atoms with E-state index in [1.165, 1.54) is 11.3 Å². The summed E-state index contributed by atoms with van der Waals surface area (Å²) >= 11 is 1.45. The lowest BCUT2D eigenvalue weighted by Crippen LogP contribution is -2.30. The average molecular weight is 457 g/mol. The highest BCUT2D eigenvalue weighted by molar-refractivity contribution is 7.22. The number of fused-ring (bicyclic) bond motifs is 1. The van der Waals surface area contributed by atoms with Crippen LogP contribution in [0, 0.1) is 0 Å². The maximum atomic E-state index is 13.5. The number of amides is 1. The zero-order valence-corrected chi connectivity index (χ0v) is 18.6. The quantitative estimate of drug-likeness (QED) is 0.278. The van der Waals surface area contributed by atoms with Gasteiger partial charge in [0.15, 0.2) is 5.13 Å². The van der Waals surface area contributed by atoms with Gasteiger partial charge in [0.2, 0.25) is 0 Å². The summed E-state index contributed by atoms with van der Waals surface area (Å²) < 4.78 is 17.6. The smallest absolute Gasteiger partial charge is 0.260 e. The van der Waals surface area contributed by atoms with Gasteiger partial charge in [-0.15, -0.1) is 0 Å². The standard InChI is InChI=1S/C26H20N2O4S/c1-30-21-13-14-24-23(16-21)27-26(33-24)28(17-22-8-5-15-31-22)25(29)18-9-11-20(12-10-18)32-19-6-3-2-4-7-19/h2-16H,17H2,1H3. The Morgan fingerprint density at radius 3 is 2.42 bits per heavy atom. The number of anilines is 1. The summed E-state index contributed by atoms with van der Waals surface area (Å²) in [6.07, 6.45) is 1.59. The van der Waals surface area contributed by atoms with Crippen LogP contribution in [-0.4, -0.2) is 18.0 Å². The molecule has 0 fully saturated rings. The summed E-state index contributed by atoms with van der Waals surface area (Å²) in [6, 6.07) is 25.9. The van der Waals surface area contributed by atoms with Crippen molar-refractivity contribution in [3.05, 3.63) is 103 Å². The van der Waals surface area contributed by atoms with Crippen molar-refractivity contribution in [3.63, 3.8) is 0 Å². The Morgan fingerprint density at radius 2 is 1.70 bits per heavy atom. The van der Waals surface area contributed by atoms with E-state index < -0.39 is 0 Å². The third-order valence-electron chi connectivity index (χ3n) is 5.03. The van der Waals surface area contributed by atoms with Crippen LogP contribution in [0.5, 0.6) is 17.2 Å². The van der Waals surface area contributed by atoms with Crippen LogP contribution >= 0.6 is 11.3 Å². The zero-order chi connectivity index (χ0) is 22.6. The fourth-order valence-electron chi connectivity index (χ4n) is 3.37. The van der Waals surface area contributed by atoms with Crippen molar-refractivity contribution in [2.75, 3.05) is 12.0 Å². The lowest BCUT2D eigenvalue weighted by atomic mass is 10.2. The summed E-state index contributed by atoms with van der Waals surface area (Å²) in [7, 11) is 1.62. The van der Waals surface area contributed by atoms with E-state index in [1.807, 2.05) is 54.6 Å². The number of carbonyl (C=O) groups is 1. The molecule has 5 rings (SSSR count). The summed E-state index contributed by atoms with van der Waals surface area (Å²) in [5.74, 6) is 2.61. The molecule has 0 aliphatic carbocycles. The first-order valence-electron chi connectivity index (χ1n) is 10.3. The van der Waals surface area contributed by atoms with Gasteiger partial charge in [-0.25, -0.2) is 4.98 Å². The fraction of sp³-hybridized carbons (Fsp3) is 0.0769. The van der Waals surface area contributed by atoms with Gasteiger partial charge in [0.05, 0.1) is 30.1 Å². The van der Waals surface area contributed by atoms with Crippen molar-refractivity contribution in [2.45, 2.75) is 6.54 Å². The number of hydrogen-bond donors (Lipinski definition) is 0. The number of benzene rings is 3. The van der Waals surface area contributed by atoms with Crippen LogP contribution in [0.2, 0.25) is 0 Å². The molecule has 33 heavy (non-hydrogen) atoms. The molecule has 2 heterocycles. The number of rotatable bonds is 7. The Bertz CT molecular complexity index is 1360. The summed E-state index contributed by atoms with van der Waals surface area (Å²) in [5.41, 5.74) is 1.30. The zero-order valence-electron chi connectivity index (χ0n) is 17.8. The highest BCUT2D eigenvalue weighted by Gasteiger charge is 2.23. The highest BCUT2D eigenvalue weighted by atomic mass is 32.1. The predicted molar refractivity (Wildman–Crippen MR) is 128 cm³/mol. The normalized spacial score (nSPS) is 10.8. The first kappa shape index (κ1) is 20.8. The highest BCUT2D eigenvalue weighted by Crippen LogP contribution is 2.33. The monoisotopic (exact) mass is 456 g/mol. The number of thiazole rings is 1. The molecule has 164 valence electrons. The van der Waals surface area contributed by atoms with Gasteiger partial charge < -0.3 is 13.9 Å². The molecule has 5 aromatic rings. The van der Waals surface area contributed by atoms with Gasteiger partial charge in [-0.1, -0.05) is 29.5 Å². The Balaban J connectivity index is 1.44. The molecule has 0 atom stereocenters. The third kappa shape index (κ3) is 4.58. The van der Waals surface area contributed by atoms with Gasteiger partial charge in [-0.05, 0) is 60.7 Å². The number of methoxy groups -OCH3 is 1. The molecule has 0 saturated carbocycles. The Morgan fingerprint density at radius 1 is 0.939 bits per heavy atom. The number of hydrogen-bond acceptors (Lipinski definition) is 6. The van der Waals surface area contributed by atoms with Crippen molar-refractivity contribution in [3.8, 4) is 17.2 Å². The SMILES string of the molecule is COc1ccc2sc(N(Cc3ccco3)C(=O)c3ccc(Oc4ccccc4)cc3)nc2c1. The molecule has 0 spiro atoms. The number of nitrogens with zero attached hydrogens (tertiary/aromatic N) is 2. The van der Waals surface area contributed by atoms with Crippen LogP contribution < -0.4 is 14.4 Å². The molecule has 1 amide bonds. The number of para-hydroxylation sites is 1. The van der Waals surface area contributed by atoms with Crippen LogP contribution in [0.25, 0.3) is 10.2 Å². The third-order valence-corrected chi connectivity index (χ3v) is 6.09. The van der Waals surface area contributed by atoms with Crippen LogP contribution in [0.15, 0.2) is 95.6 Å². The van der Waals surface area contributed by atoms with Gasteiger partial charge in [-0.3, -0.25) is 9.69 Å². The van der Waals surface area contributed by atoms with Crippen molar-refractivity contribution in [1.29, 1.82) is 0 Å². The number of furan rings is 1. The lowest BCUT2D eigenvalue weighted by Gasteiger charge is -2.19. The van der Waals surface area contributed by atoms with E-state index in [-0.39, 0.29) is 12.5 Å². The van der Waals surface area contributed by atoms with E-state index in [4.69, 9.17) is 18.9 Å². The van der Waals surface area contributed by atoms with Crippen molar-refractivity contribution < 1.29 is 18.7 Å². The lowest BCUT2D eigenvalue weighted by molar-refractivity contribution is 0.0983. The van der Waals surface area contributed by atoms with Gasteiger partial charge >= 0.3 is 0 Å². The molecule has 2 aromatic heterocycles. The largest absolute Gasteiger partial charge is 0.497 e. The van der Waals surface area contributed by atoms with E-state index in [0.717, 1.165) is 21.7 Å². The fourth-order valence-corrected chi connectivity index (χ4v) is 4.31. The Hall–Kier alpha value is -4.10. The molecule has 7 heteroatoms. The van der Waals surface area contributed by atoms with Gasteiger partial charge in [-0.2, -0.15) is 0 Å². The predicted octanol–water partition coefficient (Wildman–Crippen LogP) is 6.54. The summed E-state index contributed by atoms with van der Waals surface area (Å²) in [4.78, 5) is 19.9. The molecular formula is C26H20N2O4S. The average Bonchev–Trinajstić information content (AvgIpc) is 3.52. The minimum atomic E-state index is -0.177. The molecule has 0 unspecified atom stereocenters.